The van der Waals surface area contributed by atoms with Gasteiger partial charge in [0.15, 0.2) is 0 Å². The average molecular weight is 315 g/mol. The van der Waals surface area contributed by atoms with Crippen LogP contribution in [0.15, 0.2) is 22.7 Å². The smallest absolute Gasteiger partial charge is 0.308 e. The first-order valence-electron chi connectivity index (χ1n) is 5.40. The first-order valence-corrected chi connectivity index (χ1v) is 6.20. The van der Waals surface area contributed by atoms with Crippen LogP contribution in [0, 0.1) is 16.0 Å². The number of carbonyl (C=O) groups is 1. The van der Waals surface area contributed by atoms with E-state index in [1.54, 1.807) is 6.07 Å². The molecule has 1 fully saturated rings. The highest BCUT2D eigenvalue weighted by molar-refractivity contribution is 9.10. The molecular weight excluding hydrogens is 304 g/mol. The predicted octanol–water partition coefficient (Wildman–Crippen LogP) is 2.27. The van der Waals surface area contributed by atoms with Gasteiger partial charge < -0.3 is 10.0 Å². The number of anilines is 1. The van der Waals surface area contributed by atoms with Gasteiger partial charge in [-0.3, -0.25) is 14.9 Å². The Morgan fingerprint density at radius 3 is 2.78 bits per heavy atom. The Balaban J connectivity index is 2.20. The van der Waals surface area contributed by atoms with E-state index in [0.717, 1.165) is 5.69 Å². The second-order valence-electron chi connectivity index (χ2n) is 4.16. The fraction of sp³-hybridized carbons (Fsp3) is 0.364. The lowest BCUT2D eigenvalue weighted by Crippen LogP contribution is -2.22. The molecule has 1 aliphatic heterocycles. The van der Waals surface area contributed by atoms with Crippen LogP contribution in [-0.4, -0.2) is 29.1 Å². The van der Waals surface area contributed by atoms with Gasteiger partial charge >= 0.3 is 5.97 Å². The molecule has 0 spiro atoms. The molecule has 96 valence electrons. The zero-order valence-electron chi connectivity index (χ0n) is 9.38. The number of halogens is 1. The number of hydrogen-bond acceptors (Lipinski definition) is 4. The molecular formula is C11H11BrN2O4. The lowest BCUT2D eigenvalue weighted by molar-refractivity contribution is -0.384. The van der Waals surface area contributed by atoms with E-state index >= 15 is 0 Å². The fourth-order valence-electron chi connectivity index (χ4n) is 2.05. The molecule has 0 aromatic heterocycles. The maximum Gasteiger partial charge on any atom is 0.308 e. The van der Waals surface area contributed by atoms with Crippen molar-refractivity contribution in [3.05, 3.63) is 32.8 Å². The number of nitro benzene ring substituents is 1. The molecule has 1 saturated heterocycles. The van der Waals surface area contributed by atoms with Gasteiger partial charge in [-0.1, -0.05) is 0 Å². The summed E-state index contributed by atoms with van der Waals surface area (Å²) >= 11 is 3.29. The van der Waals surface area contributed by atoms with Gasteiger partial charge in [-0.2, -0.15) is 0 Å². The molecule has 1 aromatic carbocycles. The fourth-order valence-corrected chi connectivity index (χ4v) is 2.66. The highest BCUT2D eigenvalue weighted by Crippen LogP contribution is 2.33. The number of carboxylic acids is 1. The Bertz CT molecular complexity index is 506. The summed E-state index contributed by atoms with van der Waals surface area (Å²) in [5, 5.41) is 19.6. The molecule has 2 rings (SSSR count). The standard InChI is InChI=1S/C11H11BrN2O4/c12-9-5-8(14(17)18)1-2-10(9)13-4-3-7(6-13)11(15)16/h1-2,5,7H,3-4,6H2,(H,15,16). The van der Waals surface area contributed by atoms with Crippen molar-refractivity contribution in [1.82, 2.24) is 0 Å². The highest BCUT2D eigenvalue weighted by atomic mass is 79.9. The summed E-state index contributed by atoms with van der Waals surface area (Å²) in [6.45, 7) is 1.08. The Hall–Kier alpha value is -1.63. The Kier molecular flexibility index (Phi) is 3.51. The third-order valence-corrected chi connectivity index (χ3v) is 3.66. The van der Waals surface area contributed by atoms with Crippen molar-refractivity contribution in [1.29, 1.82) is 0 Å². The first kappa shape index (κ1) is 12.8. The zero-order valence-corrected chi connectivity index (χ0v) is 11.0. The normalized spacial score (nSPS) is 18.9. The lowest BCUT2D eigenvalue weighted by Gasteiger charge is -2.19. The molecule has 6 nitrogen and oxygen atoms in total. The van der Waals surface area contributed by atoms with E-state index in [1.165, 1.54) is 12.1 Å². The molecule has 1 unspecified atom stereocenters. The van der Waals surface area contributed by atoms with E-state index in [0.29, 0.717) is 24.0 Å². The lowest BCUT2D eigenvalue weighted by atomic mass is 10.1. The Morgan fingerprint density at radius 1 is 1.56 bits per heavy atom. The summed E-state index contributed by atoms with van der Waals surface area (Å²) in [5.41, 5.74) is 0.809. The third-order valence-electron chi connectivity index (χ3n) is 3.02. The molecule has 1 aromatic rings. The molecule has 0 bridgehead atoms. The molecule has 18 heavy (non-hydrogen) atoms. The number of nitrogens with zero attached hydrogens (tertiary/aromatic N) is 2. The van der Waals surface area contributed by atoms with Crippen LogP contribution in [0.2, 0.25) is 0 Å². The molecule has 0 radical (unpaired) electrons. The SMILES string of the molecule is O=C(O)C1CCN(c2ccc([N+](=O)[O-])cc2Br)C1. The molecule has 1 atom stereocenters. The van der Waals surface area contributed by atoms with E-state index in [4.69, 9.17) is 5.11 Å². The molecule has 7 heteroatoms. The topological polar surface area (TPSA) is 83.7 Å². The van der Waals surface area contributed by atoms with E-state index in [9.17, 15) is 14.9 Å². The second kappa shape index (κ2) is 4.93. The minimum absolute atomic E-state index is 0.0135. The quantitative estimate of drug-likeness (QED) is 0.683. The summed E-state index contributed by atoms with van der Waals surface area (Å²) in [4.78, 5) is 23.0. The van der Waals surface area contributed by atoms with Crippen molar-refractivity contribution in [2.24, 2.45) is 5.92 Å². The molecule has 1 heterocycles. The van der Waals surface area contributed by atoms with Crippen molar-refractivity contribution < 1.29 is 14.8 Å². The average Bonchev–Trinajstić information content (AvgIpc) is 2.78. The number of benzene rings is 1. The van der Waals surface area contributed by atoms with Crippen molar-refractivity contribution >= 4 is 33.3 Å². The Morgan fingerprint density at radius 2 is 2.28 bits per heavy atom. The van der Waals surface area contributed by atoms with Crippen LogP contribution >= 0.6 is 15.9 Å². The van der Waals surface area contributed by atoms with Crippen LogP contribution in [0.1, 0.15) is 6.42 Å². The van der Waals surface area contributed by atoms with Crippen LogP contribution in [0.4, 0.5) is 11.4 Å². The predicted molar refractivity (Wildman–Crippen MR) is 68.8 cm³/mol. The van der Waals surface area contributed by atoms with Gasteiger partial charge in [0.1, 0.15) is 0 Å². The number of carboxylic acid groups (broad SMARTS) is 1. The minimum atomic E-state index is -0.796. The van der Waals surface area contributed by atoms with Crippen molar-refractivity contribution in [3.63, 3.8) is 0 Å². The number of hydrogen-bond donors (Lipinski definition) is 1. The number of nitro groups is 1. The van der Waals surface area contributed by atoms with Crippen LogP contribution in [0.5, 0.6) is 0 Å². The Labute approximate surface area is 111 Å². The largest absolute Gasteiger partial charge is 0.481 e. The number of non-ortho nitro benzene ring substituents is 1. The van der Waals surface area contributed by atoms with Crippen molar-refractivity contribution in [3.8, 4) is 0 Å². The van der Waals surface area contributed by atoms with Gasteiger partial charge in [-0.15, -0.1) is 0 Å². The molecule has 0 saturated carbocycles. The van der Waals surface area contributed by atoms with Crippen molar-refractivity contribution in [2.45, 2.75) is 6.42 Å². The highest BCUT2D eigenvalue weighted by Gasteiger charge is 2.29. The summed E-state index contributed by atoms with van der Waals surface area (Å²) in [5.74, 6) is -1.16. The van der Waals surface area contributed by atoms with E-state index in [1.807, 2.05) is 4.90 Å². The van der Waals surface area contributed by atoms with Gasteiger partial charge in [0.2, 0.25) is 0 Å². The van der Waals surface area contributed by atoms with E-state index in [-0.39, 0.29) is 11.6 Å². The van der Waals surface area contributed by atoms with E-state index in [2.05, 4.69) is 15.9 Å². The van der Waals surface area contributed by atoms with Crippen LogP contribution in [0.3, 0.4) is 0 Å². The van der Waals surface area contributed by atoms with Gasteiger partial charge in [0.25, 0.3) is 5.69 Å². The third kappa shape index (κ3) is 2.45. The molecule has 1 aliphatic rings. The maximum absolute atomic E-state index is 10.9. The molecule has 1 N–H and O–H groups in total. The first-order chi connectivity index (χ1) is 8.49. The van der Waals surface area contributed by atoms with Gasteiger partial charge in [0, 0.05) is 29.7 Å². The number of rotatable bonds is 3. The second-order valence-corrected chi connectivity index (χ2v) is 5.02. The summed E-state index contributed by atoms with van der Waals surface area (Å²) in [7, 11) is 0. The van der Waals surface area contributed by atoms with Crippen LogP contribution in [0.25, 0.3) is 0 Å². The summed E-state index contributed by atoms with van der Waals surface area (Å²) in [6, 6.07) is 4.50. The van der Waals surface area contributed by atoms with Gasteiger partial charge in [0.05, 0.1) is 16.5 Å². The molecule has 0 aliphatic carbocycles. The van der Waals surface area contributed by atoms with Crippen LogP contribution in [-0.2, 0) is 4.79 Å². The minimum Gasteiger partial charge on any atom is -0.481 e. The number of aliphatic carboxylic acids is 1. The van der Waals surface area contributed by atoms with Crippen molar-refractivity contribution in [2.75, 3.05) is 18.0 Å². The van der Waals surface area contributed by atoms with Gasteiger partial charge in [-0.25, -0.2) is 0 Å². The summed E-state index contributed by atoms with van der Waals surface area (Å²) < 4.78 is 0.614. The maximum atomic E-state index is 10.9. The summed E-state index contributed by atoms with van der Waals surface area (Å²) in [6.07, 6.45) is 0.596. The molecule has 0 amide bonds. The monoisotopic (exact) mass is 314 g/mol. The van der Waals surface area contributed by atoms with E-state index < -0.39 is 10.9 Å². The zero-order chi connectivity index (χ0) is 13.3. The van der Waals surface area contributed by atoms with Crippen LogP contribution < -0.4 is 4.90 Å². The van der Waals surface area contributed by atoms with Gasteiger partial charge in [-0.05, 0) is 28.4 Å².